The number of rotatable bonds is 14. The standard InChI is InChI=1S/C55H68N8O6/c1-32(2)47(60-53(66)67-8)51(64)62-27-9-11-44(62)49-56-29-42(58-49)36-17-13-34(14-18-36)40-25-26-41(46(40)38-21-23-39(24-22-38)55(5,6)7)35-15-19-37(20-16-35)43-30-57-50(59-43)45-12-10-28-63(45)52(65)48(33(3)4)61-54-68-31-69-54/h13-24,29-30,32-33,41,44-45,47-48,54,61H,9-12,25-28,31H2,1-8H3,(H,56,58)(H,57,59)(H,60,66)/t41?,44?,45?,47-,48?/m0/s1. The van der Waals surface area contributed by atoms with E-state index in [1.807, 2.05) is 49.9 Å². The molecule has 9 rings (SSSR count). The van der Waals surface area contributed by atoms with E-state index in [1.165, 1.54) is 40.5 Å². The molecule has 5 atom stereocenters. The average molecular weight is 937 g/mol. The minimum atomic E-state index is -0.690. The van der Waals surface area contributed by atoms with Gasteiger partial charge in [0, 0.05) is 19.0 Å². The maximum Gasteiger partial charge on any atom is 0.407 e. The second kappa shape index (κ2) is 20.1. The Morgan fingerprint density at radius 1 is 0.696 bits per heavy atom. The van der Waals surface area contributed by atoms with E-state index in [-0.39, 0.29) is 53.9 Å². The first-order chi connectivity index (χ1) is 33.2. The first-order valence-corrected chi connectivity index (χ1v) is 24.8. The SMILES string of the molecule is COC(=O)N[C@H](C(=O)N1CCCC1c1ncc(-c2ccc(C3=C(c4ccc(C(C)(C)C)cc4)C(c4ccc(-c5cnc(C6CCCN6C(=O)C(NC6OCO6)C(C)C)[nH]5)cc4)CC3)cc2)[nH]1)C(C)C. The average Bonchev–Trinajstić information content (AvgIpc) is 4.19. The van der Waals surface area contributed by atoms with Gasteiger partial charge in [0.2, 0.25) is 18.2 Å². The molecule has 3 aliphatic heterocycles. The van der Waals surface area contributed by atoms with Gasteiger partial charge in [0.05, 0.1) is 49.0 Å². The molecule has 5 aromatic rings. The molecular weight excluding hydrogens is 869 g/mol. The maximum absolute atomic E-state index is 13.9. The summed E-state index contributed by atoms with van der Waals surface area (Å²) in [6.45, 7) is 16.2. The number of nitrogens with zero attached hydrogens (tertiary/aromatic N) is 4. The Morgan fingerprint density at radius 2 is 1.20 bits per heavy atom. The highest BCUT2D eigenvalue weighted by Gasteiger charge is 2.40. The summed E-state index contributed by atoms with van der Waals surface area (Å²) in [7, 11) is 1.30. The smallest absolute Gasteiger partial charge is 0.407 e. The van der Waals surface area contributed by atoms with Crippen LogP contribution in [0, 0.1) is 11.8 Å². The number of allylic oxidation sites excluding steroid dienone is 2. The van der Waals surface area contributed by atoms with Gasteiger partial charge in [-0.15, -0.1) is 0 Å². The number of likely N-dealkylation sites (tertiary alicyclic amines) is 2. The number of aromatic nitrogens is 4. The Labute approximate surface area is 406 Å². The van der Waals surface area contributed by atoms with Crippen LogP contribution in [0.1, 0.15) is 139 Å². The lowest BCUT2D eigenvalue weighted by atomic mass is 9.83. The number of H-pyrrole nitrogens is 2. The molecule has 5 heterocycles. The molecule has 69 heavy (non-hydrogen) atoms. The third-order valence-electron chi connectivity index (χ3n) is 14.6. The van der Waals surface area contributed by atoms with Gasteiger partial charge >= 0.3 is 6.09 Å². The molecule has 0 bridgehead atoms. The number of carbonyl (C=O) groups is 3. The van der Waals surface area contributed by atoms with Crippen molar-refractivity contribution in [2.45, 2.75) is 129 Å². The molecule has 0 radical (unpaired) electrons. The molecular formula is C55H68N8O6. The predicted molar refractivity (Wildman–Crippen MR) is 266 cm³/mol. The summed E-state index contributed by atoms with van der Waals surface area (Å²) in [6, 6.07) is 25.4. The topological polar surface area (TPSA) is 167 Å². The van der Waals surface area contributed by atoms with Crippen LogP contribution < -0.4 is 10.6 Å². The molecule has 3 aromatic carbocycles. The normalized spacial score (nSPS) is 20.8. The molecule has 3 saturated heterocycles. The van der Waals surface area contributed by atoms with Crippen LogP contribution in [0.25, 0.3) is 33.7 Å². The largest absolute Gasteiger partial charge is 0.453 e. The summed E-state index contributed by atoms with van der Waals surface area (Å²) >= 11 is 0. The lowest BCUT2D eigenvalue weighted by molar-refractivity contribution is -0.335. The second-order valence-electron chi connectivity index (χ2n) is 20.8. The summed E-state index contributed by atoms with van der Waals surface area (Å²) in [6.07, 6.45) is 7.92. The van der Waals surface area contributed by atoms with Gasteiger partial charge in [0.25, 0.3) is 0 Å². The van der Waals surface area contributed by atoms with Crippen molar-refractivity contribution in [2.24, 2.45) is 11.8 Å². The molecule has 3 fully saturated rings. The number of hydrogen-bond acceptors (Lipinski definition) is 9. The van der Waals surface area contributed by atoms with Crippen LogP contribution in [0.5, 0.6) is 0 Å². The van der Waals surface area contributed by atoms with Crippen molar-refractivity contribution in [3.8, 4) is 22.5 Å². The van der Waals surface area contributed by atoms with E-state index in [0.717, 1.165) is 72.7 Å². The van der Waals surface area contributed by atoms with Crippen LogP contribution in [0.3, 0.4) is 0 Å². The van der Waals surface area contributed by atoms with Crippen molar-refractivity contribution in [3.63, 3.8) is 0 Å². The van der Waals surface area contributed by atoms with E-state index in [4.69, 9.17) is 24.2 Å². The highest BCUT2D eigenvalue weighted by molar-refractivity contribution is 5.96. The van der Waals surface area contributed by atoms with Gasteiger partial charge in [-0.05, 0) is 100 Å². The van der Waals surface area contributed by atoms with E-state index in [2.05, 4.69) is 114 Å². The van der Waals surface area contributed by atoms with Crippen molar-refractivity contribution in [1.29, 1.82) is 0 Å². The molecule has 1 aliphatic carbocycles. The third-order valence-corrected chi connectivity index (χ3v) is 14.6. The molecule has 14 heteroatoms. The zero-order valence-corrected chi connectivity index (χ0v) is 41.3. The van der Waals surface area contributed by atoms with Crippen LogP contribution in [0.2, 0.25) is 0 Å². The van der Waals surface area contributed by atoms with Crippen molar-refractivity contribution in [2.75, 3.05) is 27.0 Å². The minimum Gasteiger partial charge on any atom is -0.453 e. The fourth-order valence-electron chi connectivity index (χ4n) is 10.6. The van der Waals surface area contributed by atoms with Crippen LogP contribution in [0.4, 0.5) is 4.79 Å². The third kappa shape index (κ3) is 10.0. The molecule has 3 amide bonds. The number of imidazole rings is 2. The van der Waals surface area contributed by atoms with E-state index >= 15 is 0 Å². The number of alkyl carbamates (subject to hydrolysis) is 1. The van der Waals surface area contributed by atoms with E-state index < -0.39 is 24.6 Å². The van der Waals surface area contributed by atoms with Gasteiger partial charge in [0.1, 0.15) is 17.7 Å². The summed E-state index contributed by atoms with van der Waals surface area (Å²) in [5.74, 6) is 1.62. The van der Waals surface area contributed by atoms with Crippen LogP contribution in [-0.2, 0) is 29.2 Å². The number of ether oxygens (including phenoxy) is 3. The Hall–Kier alpha value is -6.09. The molecule has 364 valence electrons. The number of methoxy groups -OCH3 is 1. The predicted octanol–water partition coefficient (Wildman–Crippen LogP) is 9.86. The molecule has 4 aliphatic rings. The second-order valence-corrected chi connectivity index (χ2v) is 20.8. The number of carbonyl (C=O) groups excluding carboxylic acids is 3. The van der Waals surface area contributed by atoms with Gasteiger partial charge < -0.3 is 39.3 Å². The lowest BCUT2D eigenvalue weighted by Crippen LogP contribution is -2.56. The molecule has 14 nitrogen and oxygen atoms in total. The van der Waals surface area contributed by atoms with Gasteiger partial charge in [0.15, 0.2) is 6.79 Å². The maximum atomic E-state index is 13.9. The summed E-state index contributed by atoms with van der Waals surface area (Å²) in [5, 5.41) is 5.97. The van der Waals surface area contributed by atoms with Gasteiger partial charge in [-0.1, -0.05) is 121 Å². The number of benzene rings is 3. The highest BCUT2D eigenvalue weighted by Crippen LogP contribution is 2.49. The zero-order chi connectivity index (χ0) is 48.6. The van der Waals surface area contributed by atoms with Crippen molar-refractivity contribution < 1.29 is 28.6 Å². The number of amides is 3. The van der Waals surface area contributed by atoms with E-state index in [0.29, 0.717) is 13.1 Å². The molecule has 2 aromatic heterocycles. The van der Waals surface area contributed by atoms with Crippen LogP contribution >= 0.6 is 0 Å². The van der Waals surface area contributed by atoms with Crippen molar-refractivity contribution >= 4 is 29.1 Å². The number of nitrogens with one attached hydrogen (secondary N) is 4. The Morgan fingerprint density at radius 3 is 1.70 bits per heavy atom. The number of hydrogen-bond donors (Lipinski definition) is 4. The minimum absolute atomic E-state index is 0.0407. The van der Waals surface area contributed by atoms with Crippen LogP contribution in [-0.4, -0.2) is 93.1 Å². The van der Waals surface area contributed by atoms with Gasteiger partial charge in [-0.2, -0.15) is 0 Å². The van der Waals surface area contributed by atoms with E-state index in [9.17, 15) is 14.4 Å². The monoisotopic (exact) mass is 937 g/mol. The first-order valence-electron chi connectivity index (χ1n) is 24.8. The van der Waals surface area contributed by atoms with E-state index in [1.54, 1.807) is 0 Å². The molecule has 0 saturated carbocycles. The van der Waals surface area contributed by atoms with Crippen LogP contribution in [0.15, 0.2) is 85.2 Å². The number of aromatic amines is 2. The summed E-state index contributed by atoms with van der Waals surface area (Å²) in [4.78, 5) is 60.3. The summed E-state index contributed by atoms with van der Waals surface area (Å²) in [5.41, 5.74) is 11.6. The van der Waals surface area contributed by atoms with Crippen molar-refractivity contribution in [1.82, 2.24) is 40.4 Å². The summed E-state index contributed by atoms with van der Waals surface area (Å²) < 4.78 is 15.6. The fourth-order valence-corrected chi connectivity index (χ4v) is 10.6. The highest BCUT2D eigenvalue weighted by atomic mass is 16.9. The fraction of sp³-hybridized carbons (Fsp3) is 0.473. The lowest BCUT2D eigenvalue weighted by Gasteiger charge is -2.35. The van der Waals surface area contributed by atoms with Gasteiger partial charge in [-0.25, -0.2) is 14.8 Å². The zero-order valence-electron chi connectivity index (χ0n) is 41.3. The Balaban J connectivity index is 0.944. The Bertz CT molecular complexity index is 2640. The molecule has 4 N–H and O–H groups in total. The quantitative estimate of drug-likeness (QED) is 0.0848. The molecule has 0 spiro atoms. The van der Waals surface area contributed by atoms with Crippen molar-refractivity contribution in [3.05, 3.63) is 119 Å². The Kier molecular flexibility index (Phi) is 14.0. The molecule has 4 unspecified atom stereocenters. The first kappa shape index (κ1) is 48.0. The van der Waals surface area contributed by atoms with Gasteiger partial charge in [-0.3, -0.25) is 14.9 Å².